The van der Waals surface area contributed by atoms with Crippen molar-refractivity contribution in [2.24, 2.45) is 0 Å². The van der Waals surface area contributed by atoms with Gasteiger partial charge in [-0.3, -0.25) is 4.57 Å². The molecule has 0 saturated heterocycles. The van der Waals surface area contributed by atoms with Gasteiger partial charge in [-0.1, -0.05) is 6.58 Å². The number of carbonyl (C=O) groups excluding carboxylic acids is 1. The van der Waals surface area contributed by atoms with Crippen molar-refractivity contribution in [2.75, 3.05) is 79.3 Å². The molecule has 0 aromatic rings. The fourth-order valence-corrected chi connectivity index (χ4v) is 2.71. The largest absolute Gasteiger partial charge is 1.00 e. The zero-order valence-corrected chi connectivity index (χ0v) is 24.3. The van der Waals surface area contributed by atoms with Crippen molar-refractivity contribution in [1.82, 2.24) is 0 Å². The summed E-state index contributed by atoms with van der Waals surface area (Å²) in [5.41, 5.74) is 0.400. The van der Waals surface area contributed by atoms with Crippen LogP contribution in [0.15, 0.2) is 12.2 Å². The Morgan fingerprint density at radius 1 is 0.686 bits per heavy atom. The second-order valence-electron chi connectivity index (χ2n) is 7.40. The van der Waals surface area contributed by atoms with Gasteiger partial charge >= 0.3 is 35.5 Å². The molecule has 1 atom stereocenters. The number of carbonyl (C=O) groups is 1. The average molecular weight is 537 g/mol. The molecule has 202 valence electrons. The Labute approximate surface area is 231 Å². The maximum Gasteiger partial charge on any atom is 1.00 e. The van der Waals surface area contributed by atoms with Gasteiger partial charge in [0.25, 0.3) is 7.82 Å². The Hall–Kier alpha value is 0.120. The fourth-order valence-electron chi connectivity index (χ4n) is 2.35. The van der Waals surface area contributed by atoms with E-state index in [1.165, 1.54) is 0 Å². The van der Waals surface area contributed by atoms with E-state index in [0.717, 1.165) is 25.7 Å². The first kappa shape index (κ1) is 37.3. The van der Waals surface area contributed by atoms with Gasteiger partial charge in [0.2, 0.25) is 0 Å². The number of phosphoric acid groups is 1. The quantitative estimate of drug-likeness (QED) is 0.0479. The second-order valence-corrected chi connectivity index (χ2v) is 8.60. The molecule has 35 heavy (non-hydrogen) atoms. The van der Waals surface area contributed by atoms with Crippen molar-refractivity contribution in [3.63, 3.8) is 0 Å². The maximum atomic E-state index is 11.2. The van der Waals surface area contributed by atoms with Crippen molar-refractivity contribution >= 4 is 13.8 Å². The van der Waals surface area contributed by atoms with Crippen LogP contribution in [0.4, 0.5) is 0 Å². The van der Waals surface area contributed by atoms with Crippen molar-refractivity contribution < 1.29 is 81.6 Å². The van der Waals surface area contributed by atoms with E-state index in [2.05, 4.69) is 11.1 Å². The zero-order chi connectivity index (χ0) is 25.3. The van der Waals surface area contributed by atoms with E-state index in [-0.39, 0.29) is 42.1 Å². The predicted molar refractivity (Wildman–Crippen MR) is 123 cm³/mol. The van der Waals surface area contributed by atoms with E-state index in [4.69, 9.17) is 33.3 Å². The summed E-state index contributed by atoms with van der Waals surface area (Å²) < 4.78 is 46.8. The molecular weight excluding hydrogens is 494 g/mol. The number of hydrogen-bond acceptors (Lipinski definition) is 10. The van der Waals surface area contributed by atoms with Gasteiger partial charge in [0.05, 0.1) is 13.2 Å². The van der Waals surface area contributed by atoms with Crippen LogP contribution in [0.3, 0.4) is 0 Å². The summed E-state index contributed by atoms with van der Waals surface area (Å²) >= 11 is 0. The molecule has 0 aliphatic carbocycles. The van der Waals surface area contributed by atoms with Gasteiger partial charge in [0.1, 0.15) is 0 Å². The van der Waals surface area contributed by atoms with E-state index in [9.17, 15) is 14.3 Å². The third-order valence-electron chi connectivity index (χ3n) is 4.01. The summed E-state index contributed by atoms with van der Waals surface area (Å²) in [7, 11) is -4.63. The molecule has 0 saturated carbocycles. The Balaban J connectivity index is 0. The van der Waals surface area contributed by atoms with Crippen LogP contribution in [-0.4, -0.2) is 90.1 Å². The maximum absolute atomic E-state index is 11.2. The molecule has 0 aromatic heterocycles. The smallest absolute Gasteiger partial charge is 0.756 e. The van der Waals surface area contributed by atoms with Gasteiger partial charge in [0, 0.05) is 78.1 Å². The standard InChI is InChI=1S/C22H43O11P.Na/c1-21(2)22(23)32-19-7-17-30-15-5-13-28-11-3-9-27-10-4-12-29-14-6-16-31-18-8-20-33-34(24,25)26;/h1,3-20H2,2H3,(H2,24,25,26);/q;+1/p-1. The summed E-state index contributed by atoms with van der Waals surface area (Å²) in [6, 6.07) is 0. The first-order chi connectivity index (χ1) is 16.3. The van der Waals surface area contributed by atoms with Crippen LogP contribution in [0.2, 0.25) is 0 Å². The van der Waals surface area contributed by atoms with E-state index in [1.54, 1.807) is 6.92 Å². The number of hydrogen-bond donors (Lipinski definition) is 1. The fraction of sp³-hybridized carbons (Fsp3) is 0.864. The van der Waals surface area contributed by atoms with Crippen LogP contribution in [0.25, 0.3) is 0 Å². The van der Waals surface area contributed by atoms with Gasteiger partial charge in [0.15, 0.2) is 0 Å². The molecule has 0 radical (unpaired) electrons. The van der Waals surface area contributed by atoms with Gasteiger partial charge in [-0.25, -0.2) is 4.79 Å². The third kappa shape index (κ3) is 32.1. The molecule has 11 nitrogen and oxygen atoms in total. The molecule has 0 spiro atoms. The van der Waals surface area contributed by atoms with Gasteiger partial charge in [-0.05, 0) is 39.0 Å². The number of rotatable bonds is 26. The minimum absolute atomic E-state index is 0. The minimum Gasteiger partial charge on any atom is -0.756 e. The Morgan fingerprint density at radius 2 is 0.971 bits per heavy atom. The van der Waals surface area contributed by atoms with Crippen LogP contribution >= 0.6 is 7.82 Å². The molecule has 13 heteroatoms. The average Bonchev–Trinajstić information content (AvgIpc) is 2.78. The first-order valence-corrected chi connectivity index (χ1v) is 13.2. The number of ether oxygens (including phenoxy) is 6. The van der Waals surface area contributed by atoms with E-state index >= 15 is 0 Å². The van der Waals surface area contributed by atoms with E-state index < -0.39 is 7.82 Å². The van der Waals surface area contributed by atoms with Crippen LogP contribution in [0, 0.1) is 0 Å². The van der Waals surface area contributed by atoms with Crippen molar-refractivity contribution in [2.45, 2.75) is 45.4 Å². The van der Waals surface area contributed by atoms with E-state index in [1.807, 2.05) is 0 Å². The Bertz CT molecular complexity index is 545. The summed E-state index contributed by atoms with van der Waals surface area (Å²) in [5.74, 6) is -0.368. The van der Waals surface area contributed by atoms with E-state index in [0.29, 0.717) is 91.1 Å². The molecule has 0 fully saturated rings. The topological polar surface area (TPSA) is 142 Å². The first-order valence-electron chi connectivity index (χ1n) is 11.7. The van der Waals surface area contributed by atoms with Gasteiger partial charge in [-0.15, -0.1) is 0 Å². The Kier molecular flexibility index (Phi) is 28.9. The molecule has 0 amide bonds. The van der Waals surface area contributed by atoms with Gasteiger partial charge in [-0.2, -0.15) is 0 Å². The van der Waals surface area contributed by atoms with Crippen molar-refractivity contribution in [1.29, 1.82) is 0 Å². The monoisotopic (exact) mass is 536 g/mol. The molecule has 0 aliphatic rings. The summed E-state index contributed by atoms with van der Waals surface area (Å²) in [6.07, 6.45) is 4.27. The number of phosphoric ester groups is 1. The van der Waals surface area contributed by atoms with Crippen LogP contribution in [0.5, 0.6) is 0 Å². The second kappa shape index (κ2) is 27.2. The normalized spacial score (nSPS) is 12.7. The van der Waals surface area contributed by atoms with Gasteiger partial charge < -0.3 is 42.7 Å². The Morgan fingerprint density at radius 3 is 1.26 bits per heavy atom. The van der Waals surface area contributed by atoms with Crippen LogP contribution in [-0.2, 0) is 42.3 Å². The molecule has 0 aliphatic heterocycles. The van der Waals surface area contributed by atoms with Crippen LogP contribution < -0.4 is 34.5 Å². The third-order valence-corrected chi connectivity index (χ3v) is 4.52. The molecule has 1 unspecified atom stereocenters. The number of esters is 1. The van der Waals surface area contributed by atoms with Crippen molar-refractivity contribution in [3.05, 3.63) is 12.2 Å². The summed E-state index contributed by atoms with van der Waals surface area (Å²) in [6.45, 7) is 11.2. The predicted octanol–water partition coefficient (Wildman–Crippen LogP) is -0.989. The molecule has 0 heterocycles. The van der Waals surface area contributed by atoms with Crippen LogP contribution in [0.1, 0.15) is 45.4 Å². The SMILES string of the molecule is C=C(C)C(=O)OCCCOCCCOCCCOCCCOCCCOCCCOP(=O)([O-])O.[Na+]. The molecular formula is C22H42NaO11P. The molecule has 1 N–H and O–H groups in total. The molecule has 0 aromatic carbocycles. The molecule has 0 bridgehead atoms. The minimum atomic E-state index is -4.63. The molecule has 0 rings (SSSR count). The zero-order valence-electron chi connectivity index (χ0n) is 21.4. The van der Waals surface area contributed by atoms with Crippen molar-refractivity contribution in [3.8, 4) is 0 Å². The summed E-state index contributed by atoms with van der Waals surface area (Å²) in [4.78, 5) is 29.9. The summed E-state index contributed by atoms with van der Waals surface area (Å²) in [5, 5.41) is 0.